The third-order valence-corrected chi connectivity index (χ3v) is 8.20. The SMILES string of the molecule is C[NH+]=C/C(=C\N)c1cccc(Cc2c3c(nn2C)CCc2cnc(Nc4ccn(CCN5CCN(C)CC5)n4)nc2-3)c1. The second-order valence-corrected chi connectivity index (χ2v) is 11.1. The lowest BCUT2D eigenvalue weighted by atomic mass is 9.91. The lowest BCUT2D eigenvalue weighted by Crippen LogP contribution is -2.63. The fourth-order valence-electron chi connectivity index (χ4n) is 5.81. The van der Waals surface area contributed by atoms with Gasteiger partial charge in [0.1, 0.15) is 7.05 Å². The Balaban J connectivity index is 1.21. The van der Waals surface area contributed by atoms with E-state index in [1.165, 1.54) is 5.56 Å². The van der Waals surface area contributed by atoms with Crippen LogP contribution in [0.15, 0.2) is 48.9 Å². The van der Waals surface area contributed by atoms with Gasteiger partial charge >= 0.3 is 0 Å². The Bertz CT molecular complexity index is 1600. The second kappa shape index (κ2) is 12.3. The molecule has 0 spiro atoms. The number of rotatable bonds is 9. The lowest BCUT2D eigenvalue weighted by molar-refractivity contribution is -0.412. The summed E-state index contributed by atoms with van der Waals surface area (Å²) in [6, 6.07) is 10.5. The summed E-state index contributed by atoms with van der Waals surface area (Å²) in [5.74, 6) is 1.29. The number of fused-ring (bicyclic) bond motifs is 3. The van der Waals surface area contributed by atoms with E-state index < -0.39 is 0 Å². The predicted octanol–water partition coefficient (Wildman–Crippen LogP) is 0.835. The smallest absolute Gasteiger partial charge is 0.228 e. The van der Waals surface area contributed by atoms with Gasteiger partial charge in [-0.3, -0.25) is 19.3 Å². The molecule has 0 unspecified atom stereocenters. The lowest BCUT2D eigenvalue weighted by Gasteiger charge is -2.32. The molecule has 218 valence electrons. The standard InChI is InChI=1S/C31H39N11/c1-33-20-25(19-32)23-6-4-5-22(17-23)18-27-29-26(37-40(27)3)8-7-24-21-34-31(36-30(24)29)35-28-9-10-42(38-28)16-15-41-13-11-39(2)12-14-41/h4-6,9-10,17,19-21H,7-8,11-16,18,32H2,1-3H3,(H,34,35,36,38)/p+1/b25-19+,33-20?. The van der Waals surface area contributed by atoms with Gasteiger partial charge in [0, 0.05) is 76.4 Å². The largest absolute Gasteiger partial charge is 0.404 e. The number of likely N-dealkylation sites (N-methyl/N-ethyl adjacent to an activating group) is 1. The molecule has 2 aliphatic rings. The molecule has 11 heteroatoms. The van der Waals surface area contributed by atoms with E-state index in [0.717, 1.165) is 104 Å². The van der Waals surface area contributed by atoms with Crippen molar-refractivity contribution in [3.63, 3.8) is 0 Å². The number of aryl methyl sites for hydroxylation is 3. The molecular weight excluding hydrogens is 526 g/mol. The zero-order chi connectivity index (χ0) is 29.1. The van der Waals surface area contributed by atoms with Crippen LogP contribution < -0.4 is 16.0 Å². The van der Waals surface area contributed by atoms with E-state index in [2.05, 4.69) is 56.4 Å². The van der Waals surface area contributed by atoms with Crippen molar-refractivity contribution in [2.45, 2.75) is 25.8 Å². The summed E-state index contributed by atoms with van der Waals surface area (Å²) in [4.78, 5) is 17.6. The first-order valence-electron chi connectivity index (χ1n) is 14.6. The van der Waals surface area contributed by atoms with Crippen molar-refractivity contribution in [3.8, 4) is 11.3 Å². The number of aromatic nitrogens is 6. The van der Waals surface area contributed by atoms with E-state index >= 15 is 0 Å². The van der Waals surface area contributed by atoms with Crippen LogP contribution in [0.25, 0.3) is 16.8 Å². The maximum Gasteiger partial charge on any atom is 0.228 e. The van der Waals surface area contributed by atoms with Gasteiger partial charge < -0.3 is 16.0 Å². The van der Waals surface area contributed by atoms with Crippen LogP contribution in [-0.4, -0.2) is 92.4 Å². The molecule has 11 nitrogen and oxygen atoms in total. The molecule has 1 saturated heterocycles. The molecule has 42 heavy (non-hydrogen) atoms. The van der Waals surface area contributed by atoms with E-state index in [4.69, 9.17) is 20.9 Å². The van der Waals surface area contributed by atoms with E-state index in [-0.39, 0.29) is 0 Å². The zero-order valence-electron chi connectivity index (χ0n) is 24.7. The van der Waals surface area contributed by atoms with Gasteiger partial charge in [-0.05, 0) is 36.6 Å². The number of nitrogens with zero attached hydrogens (tertiary/aromatic N) is 8. The molecular formula is C31H40N11+. The summed E-state index contributed by atoms with van der Waals surface area (Å²) in [5, 5.41) is 13.0. The molecule has 1 aromatic carbocycles. The van der Waals surface area contributed by atoms with E-state index in [1.54, 1.807) is 6.20 Å². The van der Waals surface area contributed by atoms with Gasteiger partial charge in [-0.2, -0.15) is 10.2 Å². The molecule has 1 aliphatic carbocycles. The van der Waals surface area contributed by atoms with Crippen LogP contribution in [0.5, 0.6) is 0 Å². The molecule has 6 rings (SSSR count). The van der Waals surface area contributed by atoms with Crippen LogP contribution in [0.2, 0.25) is 0 Å². The Hall–Kier alpha value is -4.35. The number of piperazine rings is 1. The number of anilines is 2. The molecule has 0 radical (unpaired) electrons. The maximum absolute atomic E-state index is 5.89. The van der Waals surface area contributed by atoms with Crippen molar-refractivity contribution in [1.29, 1.82) is 0 Å². The van der Waals surface area contributed by atoms with Crippen LogP contribution in [0.4, 0.5) is 11.8 Å². The van der Waals surface area contributed by atoms with E-state index in [0.29, 0.717) is 5.95 Å². The van der Waals surface area contributed by atoms with Crippen molar-refractivity contribution >= 4 is 23.6 Å². The van der Waals surface area contributed by atoms with E-state index in [1.807, 2.05) is 48.1 Å². The summed E-state index contributed by atoms with van der Waals surface area (Å²) in [6.07, 6.45) is 9.97. The van der Waals surface area contributed by atoms with Crippen LogP contribution >= 0.6 is 0 Å². The first kappa shape index (κ1) is 27.8. The highest BCUT2D eigenvalue weighted by Crippen LogP contribution is 2.36. The summed E-state index contributed by atoms with van der Waals surface area (Å²) < 4.78 is 3.99. The van der Waals surface area contributed by atoms with Crippen molar-refractivity contribution < 1.29 is 4.99 Å². The Morgan fingerprint density at radius 2 is 1.93 bits per heavy atom. The van der Waals surface area contributed by atoms with Crippen LogP contribution in [0.3, 0.4) is 0 Å². The van der Waals surface area contributed by atoms with Crippen molar-refractivity contribution in [2.24, 2.45) is 12.8 Å². The van der Waals surface area contributed by atoms with Crippen LogP contribution in [0.1, 0.15) is 28.1 Å². The normalized spacial score (nSPS) is 16.1. The summed E-state index contributed by atoms with van der Waals surface area (Å²) >= 11 is 0. The van der Waals surface area contributed by atoms with Crippen LogP contribution in [-0.2, 0) is 32.9 Å². The molecule has 4 N–H and O–H groups in total. The van der Waals surface area contributed by atoms with Gasteiger partial charge in [-0.25, -0.2) is 9.97 Å². The average Bonchev–Trinajstić information content (AvgIpc) is 3.59. The number of hydrogen-bond acceptors (Lipinski definition) is 8. The number of hydrogen-bond donors (Lipinski definition) is 3. The Kier molecular flexibility index (Phi) is 8.11. The molecule has 4 aromatic rings. The first-order valence-corrected chi connectivity index (χ1v) is 14.6. The van der Waals surface area contributed by atoms with Crippen molar-refractivity contribution in [1.82, 2.24) is 39.3 Å². The average molecular weight is 567 g/mol. The third kappa shape index (κ3) is 5.97. The van der Waals surface area contributed by atoms with Crippen LogP contribution in [0, 0.1) is 0 Å². The van der Waals surface area contributed by atoms with Crippen molar-refractivity contribution in [3.05, 3.63) is 77.0 Å². The quantitative estimate of drug-likeness (QED) is 0.255. The highest BCUT2D eigenvalue weighted by atomic mass is 15.3. The zero-order valence-corrected chi connectivity index (χ0v) is 24.7. The molecule has 0 saturated carbocycles. The first-order chi connectivity index (χ1) is 20.5. The van der Waals surface area contributed by atoms with E-state index in [9.17, 15) is 0 Å². The van der Waals surface area contributed by atoms with Gasteiger partial charge in [-0.15, -0.1) is 0 Å². The molecule has 1 fully saturated rings. The summed E-state index contributed by atoms with van der Waals surface area (Å²) in [6.45, 7) is 6.31. The molecule has 0 atom stereocenters. The van der Waals surface area contributed by atoms with Gasteiger partial charge in [0.15, 0.2) is 12.0 Å². The van der Waals surface area contributed by atoms with Gasteiger partial charge in [0.05, 0.1) is 29.2 Å². The molecule has 1 aliphatic heterocycles. The third-order valence-electron chi connectivity index (χ3n) is 8.20. The highest BCUT2D eigenvalue weighted by Gasteiger charge is 2.26. The molecule has 4 heterocycles. The van der Waals surface area contributed by atoms with Gasteiger partial charge in [-0.1, -0.05) is 24.3 Å². The van der Waals surface area contributed by atoms with Crippen molar-refractivity contribution in [2.75, 3.05) is 52.1 Å². The fraction of sp³-hybridized carbons (Fsp3) is 0.387. The fourth-order valence-corrected chi connectivity index (χ4v) is 5.81. The maximum atomic E-state index is 5.89. The Morgan fingerprint density at radius 3 is 2.74 bits per heavy atom. The second-order valence-electron chi connectivity index (χ2n) is 11.1. The minimum atomic E-state index is 0.544. The number of allylic oxidation sites excluding steroid dienone is 1. The summed E-state index contributed by atoms with van der Waals surface area (Å²) in [5.41, 5.74) is 14.5. The monoisotopic (exact) mass is 566 g/mol. The number of nitrogens with two attached hydrogens (primary N) is 1. The number of nitrogens with one attached hydrogen (secondary N) is 2. The minimum absolute atomic E-state index is 0.544. The topological polar surface area (TPSA) is 120 Å². The number of benzene rings is 1. The minimum Gasteiger partial charge on any atom is -0.404 e. The van der Waals surface area contributed by atoms with Gasteiger partial charge in [0.25, 0.3) is 0 Å². The molecule has 3 aromatic heterocycles. The highest BCUT2D eigenvalue weighted by molar-refractivity contribution is 6.06. The van der Waals surface area contributed by atoms with Gasteiger partial charge in [0.2, 0.25) is 5.95 Å². The Labute approximate surface area is 246 Å². The molecule has 0 bridgehead atoms. The molecule has 0 amide bonds. The predicted molar refractivity (Wildman–Crippen MR) is 165 cm³/mol. The summed E-state index contributed by atoms with van der Waals surface area (Å²) in [7, 11) is 6.08. The Morgan fingerprint density at radius 1 is 1.07 bits per heavy atom.